The average molecular weight is 636 g/mol. The molecule has 0 saturated heterocycles. The maximum atomic E-state index is 14.4. The molecule has 0 radical (unpaired) electrons. The van der Waals surface area contributed by atoms with Gasteiger partial charge in [0.15, 0.2) is 0 Å². The first-order chi connectivity index (χ1) is 21.1. The third kappa shape index (κ3) is 8.45. The molecular formula is C34H35ClFN3O4S. The molecule has 1 N–H and O–H groups in total. The van der Waals surface area contributed by atoms with E-state index in [-0.39, 0.29) is 40.4 Å². The fourth-order valence-electron chi connectivity index (χ4n) is 4.65. The molecule has 2 amide bonds. The number of anilines is 1. The standard InChI is InChI=1S/C34H35ClFN3O4S/c1-25(2)22-37-34(41)32(21-26-11-5-3-6-12-26)38(23-27-17-19-28(36)20-18-27)33(40)24-39(31-16-10-9-15-30(31)35)44(42,43)29-13-7-4-8-14-29/h3-20,25,32H,21-24H2,1-2H3,(H,37,41). The van der Waals surface area contributed by atoms with E-state index in [9.17, 15) is 22.4 Å². The van der Waals surface area contributed by atoms with Crippen molar-refractivity contribution in [3.63, 3.8) is 0 Å². The maximum Gasteiger partial charge on any atom is 0.264 e. The topological polar surface area (TPSA) is 86.8 Å². The van der Waals surface area contributed by atoms with Crippen LogP contribution in [0.15, 0.2) is 114 Å². The third-order valence-corrected chi connectivity index (χ3v) is 9.05. The summed E-state index contributed by atoms with van der Waals surface area (Å²) in [6.45, 7) is 3.61. The van der Waals surface area contributed by atoms with E-state index in [4.69, 9.17) is 11.6 Å². The lowest BCUT2D eigenvalue weighted by atomic mass is 10.0. The molecule has 0 saturated carbocycles. The van der Waals surface area contributed by atoms with Crippen molar-refractivity contribution in [1.82, 2.24) is 10.2 Å². The zero-order valence-corrected chi connectivity index (χ0v) is 26.1. The molecule has 0 aliphatic carbocycles. The number of sulfonamides is 1. The number of hydrogen-bond donors (Lipinski definition) is 1. The predicted molar refractivity (Wildman–Crippen MR) is 171 cm³/mol. The van der Waals surface area contributed by atoms with Gasteiger partial charge >= 0.3 is 0 Å². The van der Waals surface area contributed by atoms with Gasteiger partial charge in [-0.15, -0.1) is 0 Å². The van der Waals surface area contributed by atoms with E-state index < -0.39 is 34.3 Å². The summed E-state index contributed by atoms with van der Waals surface area (Å²) in [5, 5.41) is 3.08. The van der Waals surface area contributed by atoms with Gasteiger partial charge in [-0.3, -0.25) is 13.9 Å². The average Bonchev–Trinajstić information content (AvgIpc) is 3.02. The van der Waals surface area contributed by atoms with Crippen molar-refractivity contribution >= 4 is 39.1 Å². The molecule has 1 atom stereocenters. The minimum Gasteiger partial charge on any atom is -0.354 e. The number of benzene rings is 4. The monoisotopic (exact) mass is 635 g/mol. The van der Waals surface area contributed by atoms with Crippen molar-refractivity contribution in [2.45, 2.75) is 37.8 Å². The fourth-order valence-corrected chi connectivity index (χ4v) is 6.39. The Morgan fingerprint density at radius 3 is 2.02 bits per heavy atom. The molecule has 0 aliphatic heterocycles. The van der Waals surface area contributed by atoms with Crippen LogP contribution >= 0.6 is 11.6 Å². The second-order valence-corrected chi connectivity index (χ2v) is 13.0. The molecule has 4 rings (SSSR count). The van der Waals surface area contributed by atoms with E-state index in [1.165, 1.54) is 47.4 Å². The highest BCUT2D eigenvalue weighted by Crippen LogP contribution is 2.31. The molecule has 0 aliphatic rings. The normalized spacial score (nSPS) is 12.0. The van der Waals surface area contributed by atoms with Crippen LogP contribution in [0.3, 0.4) is 0 Å². The number of carbonyl (C=O) groups excluding carboxylic acids is 2. The lowest BCUT2D eigenvalue weighted by Gasteiger charge is -2.34. The van der Waals surface area contributed by atoms with Gasteiger partial charge in [-0.1, -0.05) is 98.2 Å². The van der Waals surface area contributed by atoms with E-state index >= 15 is 0 Å². The van der Waals surface area contributed by atoms with Crippen LogP contribution in [0.2, 0.25) is 5.02 Å². The zero-order valence-electron chi connectivity index (χ0n) is 24.6. The molecule has 1 unspecified atom stereocenters. The Labute approximate surface area is 263 Å². The second-order valence-electron chi connectivity index (χ2n) is 10.8. The molecule has 0 spiro atoms. The lowest BCUT2D eigenvalue weighted by molar-refractivity contribution is -0.140. The first-order valence-electron chi connectivity index (χ1n) is 14.2. The number of halogens is 2. The van der Waals surface area contributed by atoms with E-state index in [1.807, 2.05) is 44.2 Å². The molecule has 0 fully saturated rings. The van der Waals surface area contributed by atoms with Gasteiger partial charge in [0.1, 0.15) is 18.4 Å². The number of carbonyl (C=O) groups is 2. The van der Waals surface area contributed by atoms with Gasteiger partial charge in [0.05, 0.1) is 15.6 Å². The lowest BCUT2D eigenvalue weighted by Crippen LogP contribution is -2.53. The quantitative estimate of drug-likeness (QED) is 0.193. The smallest absolute Gasteiger partial charge is 0.264 e. The van der Waals surface area contributed by atoms with E-state index in [1.54, 1.807) is 36.4 Å². The van der Waals surface area contributed by atoms with Gasteiger partial charge in [-0.25, -0.2) is 12.8 Å². The number of amides is 2. The van der Waals surface area contributed by atoms with Crippen LogP contribution < -0.4 is 9.62 Å². The van der Waals surface area contributed by atoms with Gasteiger partial charge in [0, 0.05) is 19.5 Å². The summed E-state index contributed by atoms with van der Waals surface area (Å²) in [6, 6.07) is 28.0. The Morgan fingerprint density at radius 2 is 1.41 bits per heavy atom. The van der Waals surface area contributed by atoms with Crippen molar-refractivity contribution in [2.75, 3.05) is 17.4 Å². The molecule has 0 aromatic heterocycles. The van der Waals surface area contributed by atoms with E-state index in [0.29, 0.717) is 12.1 Å². The van der Waals surface area contributed by atoms with Gasteiger partial charge in [0.2, 0.25) is 11.8 Å². The van der Waals surface area contributed by atoms with Crippen LogP contribution in [-0.4, -0.2) is 44.3 Å². The molecule has 0 heterocycles. The number of rotatable bonds is 13. The molecular weight excluding hydrogens is 601 g/mol. The minimum atomic E-state index is -4.26. The maximum absolute atomic E-state index is 14.4. The molecule has 0 bridgehead atoms. The molecule has 230 valence electrons. The van der Waals surface area contributed by atoms with Gasteiger partial charge in [-0.2, -0.15) is 0 Å². The van der Waals surface area contributed by atoms with Crippen molar-refractivity contribution in [3.8, 4) is 0 Å². The molecule has 7 nitrogen and oxygen atoms in total. The van der Waals surface area contributed by atoms with Crippen molar-refractivity contribution in [3.05, 3.63) is 131 Å². The van der Waals surface area contributed by atoms with Crippen LogP contribution in [0.1, 0.15) is 25.0 Å². The van der Waals surface area contributed by atoms with Crippen LogP contribution in [-0.2, 0) is 32.6 Å². The van der Waals surface area contributed by atoms with Gasteiger partial charge in [-0.05, 0) is 53.4 Å². The largest absolute Gasteiger partial charge is 0.354 e. The minimum absolute atomic E-state index is 0.0201. The first-order valence-corrected chi connectivity index (χ1v) is 16.1. The number of nitrogens with zero attached hydrogens (tertiary/aromatic N) is 2. The summed E-state index contributed by atoms with van der Waals surface area (Å²) in [5.41, 5.74) is 1.51. The Morgan fingerprint density at radius 1 is 0.818 bits per heavy atom. The summed E-state index contributed by atoms with van der Waals surface area (Å²) in [4.78, 5) is 29.5. The SMILES string of the molecule is CC(C)CNC(=O)C(Cc1ccccc1)N(Cc1ccc(F)cc1)C(=O)CN(c1ccccc1Cl)S(=O)(=O)c1ccccc1. The van der Waals surface area contributed by atoms with Crippen molar-refractivity contribution in [2.24, 2.45) is 5.92 Å². The zero-order chi connectivity index (χ0) is 31.7. The first kappa shape index (κ1) is 32.7. The Kier molecular flexibility index (Phi) is 11.1. The third-order valence-electron chi connectivity index (χ3n) is 6.95. The molecule has 44 heavy (non-hydrogen) atoms. The Bertz CT molecular complexity index is 1650. The molecule has 4 aromatic rings. The Hall–Kier alpha value is -4.21. The molecule has 4 aromatic carbocycles. The van der Waals surface area contributed by atoms with E-state index in [2.05, 4.69) is 5.32 Å². The number of nitrogens with one attached hydrogen (secondary N) is 1. The van der Waals surface area contributed by atoms with Crippen molar-refractivity contribution in [1.29, 1.82) is 0 Å². The van der Waals surface area contributed by atoms with Crippen molar-refractivity contribution < 1.29 is 22.4 Å². The summed E-state index contributed by atoms with van der Waals surface area (Å²) in [7, 11) is -4.26. The van der Waals surface area contributed by atoms with Crippen LogP contribution in [0.4, 0.5) is 10.1 Å². The van der Waals surface area contributed by atoms with Crippen LogP contribution in [0, 0.1) is 11.7 Å². The summed E-state index contributed by atoms with van der Waals surface area (Å²) >= 11 is 6.48. The summed E-state index contributed by atoms with van der Waals surface area (Å²) in [5.74, 6) is -1.30. The fraction of sp³-hybridized carbons (Fsp3) is 0.235. The van der Waals surface area contributed by atoms with Gasteiger partial charge in [0.25, 0.3) is 10.0 Å². The van der Waals surface area contributed by atoms with Crippen LogP contribution in [0.5, 0.6) is 0 Å². The van der Waals surface area contributed by atoms with Crippen LogP contribution in [0.25, 0.3) is 0 Å². The molecule has 10 heteroatoms. The van der Waals surface area contributed by atoms with E-state index in [0.717, 1.165) is 9.87 Å². The Balaban J connectivity index is 1.79. The second kappa shape index (κ2) is 15.0. The van der Waals surface area contributed by atoms with Gasteiger partial charge < -0.3 is 10.2 Å². The summed E-state index contributed by atoms with van der Waals surface area (Å²) in [6.07, 6.45) is 0.176. The highest BCUT2D eigenvalue weighted by molar-refractivity contribution is 7.92. The number of hydrogen-bond acceptors (Lipinski definition) is 4. The number of para-hydroxylation sites is 1. The predicted octanol–water partition coefficient (Wildman–Crippen LogP) is 6.09. The highest BCUT2D eigenvalue weighted by Gasteiger charge is 2.35. The summed E-state index contributed by atoms with van der Waals surface area (Å²) < 4.78 is 42.7. The highest BCUT2D eigenvalue weighted by atomic mass is 35.5.